The normalized spacial score (nSPS) is 16.6. The van der Waals surface area contributed by atoms with E-state index in [0.717, 1.165) is 24.6 Å². The molecular formula is C20H25N5O3. The zero-order valence-electron chi connectivity index (χ0n) is 16.2. The molecule has 2 aromatic rings. The van der Waals surface area contributed by atoms with E-state index < -0.39 is 0 Å². The molecule has 4 rings (SSSR count). The van der Waals surface area contributed by atoms with Crippen LogP contribution in [0.15, 0.2) is 30.3 Å². The number of benzene rings is 1. The van der Waals surface area contributed by atoms with Crippen molar-refractivity contribution in [1.29, 1.82) is 0 Å². The molecule has 8 nitrogen and oxygen atoms in total. The number of carbonyl (C=O) groups is 1. The number of anilines is 2. The standard InChI is InChI=1S/C20H25N5O3/c1-27-16-11-15(12-17(13-16)28-2)21-20(26)25-9-7-24(8-10-25)19-6-5-18(22-23-19)14-3-4-14/h5-6,11-14H,3-4,7-10H2,1-2H3,(H,21,26). The van der Waals surface area contributed by atoms with Gasteiger partial charge in [0.05, 0.1) is 19.9 Å². The summed E-state index contributed by atoms with van der Waals surface area (Å²) in [6.45, 7) is 2.70. The zero-order chi connectivity index (χ0) is 19.5. The third kappa shape index (κ3) is 4.11. The third-order valence-corrected chi connectivity index (χ3v) is 5.16. The minimum absolute atomic E-state index is 0.134. The summed E-state index contributed by atoms with van der Waals surface area (Å²) >= 11 is 0. The van der Waals surface area contributed by atoms with E-state index in [-0.39, 0.29) is 6.03 Å². The molecule has 0 bridgehead atoms. The quantitative estimate of drug-likeness (QED) is 0.855. The summed E-state index contributed by atoms with van der Waals surface area (Å²) in [5.74, 6) is 2.75. The first kappa shape index (κ1) is 18.3. The molecule has 2 fully saturated rings. The number of ether oxygens (including phenoxy) is 2. The van der Waals surface area contributed by atoms with E-state index in [2.05, 4.69) is 26.5 Å². The van der Waals surface area contributed by atoms with Crippen molar-refractivity contribution in [3.63, 3.8) is 0 Å². The Morgan fingerprint density at radius 1 is 1.00 bits per heavy atom. The lowest BCUT2D eigenvalue weighted by atomic mass is 10.2. The predicted octanol–water partition coefficient (Wildman–Crippen LogP) is 2.73. The predicted molar refractivity (Wildman–Crippen MR) is 106 cm³/mol. The van der Waals surface area contributed by atoms with Gasteiger partial charge in [0, 0.05) is 56.0 Å². The van der Waals surface area contributed by atoms with Crippen LogP contribution < -0.4 is 19.7 Å². The average molecular weight is 383 g/mol. The van der Waals surface area contributed by atoms with Gasteiger partial charge < -0.3 is 24.6 Å². The number of aromatic nitrogens is 2. The van der Waals surface area contributed by atoms with Crippen molar-refractivity contribution in [3.8, 4) is 11.5 Å². The van der Waals surface area contributed by atoms with E-state index in [1.807, 2.05) is 6.07 Å². The molecule has 2 amide bonds. The number of carbonyl (C=O) groups excluding carboxylic acids is 1. The fourth-order valence-corrected chi connectivity index (χ4v) is 3.32. The Balaban J connectivity index is 1.33. The summed E-state index contributed by atoms with van der Waals surface area (Å²) in [4.78, 5) is 16.6. The molecule has 0 radical (unpaired) electrons. The number of methoxy groups -OCH3 is 2. The number of hydrogen-bond acceptors (Lipinski definition) is 6. The van der Waals surface area contributed by atoms with E-state index >= 15 is 0 Å². The highest BCUT2D eigenvalue weighted by molar-refractivity contribution is 5.90. The van der Waals surface area contributed by atoms with Crippen LogP contribution in [0.5, 0.6) is 11.5 Å². The molecule has 1 N–H and O–H groups in total. The highest BCUT2D eigenvalue weighted by atomic mass is 16.5. The zero-order valence-corrected chi connectivity index (χ0v) is 16.2. The monoisotopic (exact) mass is 383 g/mol. The third-order valence-electron chi connectivity index (χ3n) is 5.16. The van der Waals surface area contributed by atoms with E-state index in [9.17, 15) is 4.79 Å². The Morgan fingerprint density at radius 3 is 2.21 bits per heavy atom. The molecule has 1 aromatic carbocycles. The van der Waals surface area contributed by atoms with E-state index in [4.69, 9.17) is 9.47 Å². The maximum atomic E-state index is 12.6. The molecule has 1 aliphatic heterocycles. The minimum Gasteiger partial charge on any atom is -0.497 e. The van der Waals surface area contributed by atoms with Crippen molar-refractivity contribution in [2.24, 2.45) is 0 Å². The highest BCUT2D eigenvalue weighted by Crippen LogP contribution is 2.38. The molecule has 1 aromatic heterocycles. The van der Waals surface area contributed by atoms with E-state index in [1.165, 1.54) is 12.8 Å². The average Bonchev–Trinajstić information content (AvgIpc) is 3.59. The summed E-state index contributed by atoms with van der Waals surface area (Å²) in [6.07, 6.45) is 2.45. The fraction of sp³-hybridized carbons (Fsp3) is 0.450. The van der Waals surface area contributed by atoms with Gasteiger partial charge in [0.1, 0.15) is 11.5 Å². The number of rotatable bonds is 5. The Bertz CT molecular complexity index is 808. The van der Waals surface area contributed by atoms with Gasteiger partial charge >= 0.3 is 6.03 Å². The van der Waals surface area contributed by atoms with Gasteiger partial charge in [-0.3, -0.25) is 0 Å². The topological polar surface area (TPSA) is 79.8 Å². The first-order chi connectivity index (χ1) is 13.7. The lowest BCUT2D eigenvalue weighted by Crippen LogP contribution is -2.50. The lowest BCUT2D eigenvalue weighted by molar-refractivity contribution is 0.208. The van der Waals surface area contributed by atoms with Crippen LogP contribution in [0.1, 0.15) is 24.5 Å². The maximum absolute atomic E-state index is 12.6. The fourth-order valence-electron chi connectivity index (χ4n) is 3.32. The Morgan fingerprint density at radius 2 is 1.68 bits per heavy atom. The molecule has 1 saturated carbocycles. The molecular weight excluding hydrogens is 358 g/mol. The van der Waals surface area contributed by atoms with Crippen molar-refractivity contribution in [2.75, 3.05) is 50.6 Å². The van der Waals surface area contributed by atoms with Crippen LogP contribution in [-0.2, 0) is 0 Å². The van der Waals surface area contributed by atoms with Crippen LogP contribution in [-0.4, -0.2) is 61.5 Å². The largest absolute Gasteiger partial charge is 0.497 e. The number of amides is 2. The first-order valence-electron chi connectivity index (χ1n) is 9.54. The van der Waals surface area contributed by atoms with Crippen molar-refractivity contribution < 1.29 is 14.3 Å². The second-order valence-electron chi connectivity index (χ2n) is 7.10. The second kappa shape index (κ2) is 7.92. The molecule has 148 valence electrons. The Kier molecular flexibility index (Phi) is 5.18. The molecule has 0 unspecified atom stereocenters. The van der Waals surface area contributed by atoms with Gasteiger partial charge in [-0.25, -0.2) is 4.79 Å². The lowest BCUT2D eigenvalue weighted by Gasteiger charge is -2.35. The van der Waals surface area contributed by atoms with Gasteiger partial charge in [-0.15, -0.1) is 5.10 Å². The summed E-state index contributed by atoms with van der Waals surface area (Å²) in [6, 6.07) is 9.30. The van der Waals surface area contributed by atoms with Crippen molar-refractivity contribution >= 4 is 17.5 Å². The molecule has 1 saturated heterocycles. The van der Waals surface area contributed by atoms with Crippen LogP contribution >= 0.6 is 0 Å². The summed E-state index contributed by atoms with van der Waals surface area (Å²) < 4.78 is 10.5. The molecule has 0 atom stereocenters. The van der Waals surface area contributed by atoms with Crippen LogP contribution in [0.2, 0.25) is 0 Å². The highest BCUT2D eigenvalue weighted by Gasteiger charge is 2.26. The van der Waals surface area contributed by atoms with Gasteiger partial charge in [0.15, 0.2) is 5.82 Å². The summed E-state index contributed by atoms with van der Waals surface area (Å²) in [5, 5.41) is 11.6. The van der Waals surface area contributed by atoms with Crippen LogP contribution in [0.4, 0.5) is 16.3 Å². The van der Waals surface area contributed by atoms with Gasteiger partial charge in [-0.05, 0) is 25.0 Å². The summed E-state index contributed by atoms with van der Waals surface area (Å²) in [7, 11) is 3.17. The van der Waals surface area contributed by atoms with Crippen molar-refractivity contribution in [3.05, 3.63) is 36.0 Å². The van der Waals surface area contributed by atoms with E-state index in [1.54, 1.807) is 37.3 Å². The number of hydrogen-bond donors (Lipinski definition) is 1. The maximum Gasteiger partial charge on any atom is 0.321 e. The molecule has 28 heavy (non-hydrogen) atoms. The van der Waals surface area contributed by atoms with Gasteiger partial charge in [-0.1, -0.05) is 0 Å². The van der Waals surface area contributed by atoms with Crippen LogP contribution in [0.3, 0.4) is 0 Å². The smallest absolute Gasteiger partial charge is 0.321 e. The Hall–Kier alpha value is -3.03. The Labute approximate surface area is 164 Å². The minimum atomic E-state index is -0.134. The molecule has 1 aliphatic carbocycles. The molecule has 8 heteroatoms. The number of nitrogens with zero attached hydrogens (tertiary/aromatic N) is 4. The molecule has 2 heterocycles. The molecule has 2 aliphatic rings. The summed E-state index contributed by atoms with van der Waals surface area (Å²) in [5.41, 5.74) is 1.74. The number of piperazine rings is 1. The van der Waals surface area contributed by atoms with Gasteiger partial charge in [0.25, 0.3) is 0 Å². The van der Waals surface area contributed by atoms with Crippen LogP contribution in [0, 0.1) is 0 Å². The van der Waals surface area contributed by atoms with Gasteiger partial charge in [0.2, 0.25) is 0 Å². The van der Waals surface area contributed by atoms with Crippen LogP contribution in [0.25, 0.3) is 0 Å². The number of urea groups is 1. The number of nitrogens with one attached hydrogen (secondary N) is 1. The van der Waals surface area contributed by atoms with E-state index in [0.29, 0.717) is 36.2 Å². The molecule has 0 spiro atoms. The second-order valence-corrected chi connectivity index (χ2v) is 7.10. The van der Waals surface area contributed by atoms with Crippen molar-refractivity contribution in [2.45, 2.75) is 18.8 Å². The van der Waals surface area contributed by atoms with Crippen molar-refractivity contribution in [1.82, 2.24) is 15.1 Å². The van der Waals surface area contributed by atoms with Gasteiger partial charge in [-0.2, -0.15) is 5.10 Å². The first-order valence-corrected chi connectivity index (χ1v) is 9.54. The SMILES string of the molecule is COc1cc(NC(=O)N2CCN(c3ccc(C4CC4)nn3)CC2)cc(OC)c1.